The van der Waals surface area contributed by atoms with E-state index in [-0.39, 0.29) is 12.5 Å². The van der Waals surface area contributed by atoms with Crippen molar-refractivity contribution in [2.75, 3.05) is 6.61 Å². The maximum Gasteiger partial charge on any atom is 0.220 e. The molecule has 0 rings (SSSR count). The van der Waals surface area contributed by atoms with Crippen LogP contribution in [0.25, 0.3) is 0 Å². The van der Waals surface area contributed by atoms with Crippen LogP contribution in [-0.2, 0) is 4.79 Å². The molecule has 0 aromatic rings. The minimum Gasteiger partial charge on any atom is -0.394 e. The van der Waals surface area contributed by atoms with Crippen molar-refractivity contribution in [3.05, 3.63) is 48.6 Å². The second-order valence-corrected chi connectivity index (χ2v) is 19.0. The molecule has 4 nitrogen and oxygen atoms in total. The molecule has 3 N–H and O–H groups in total. The molecule has 4 heteroatoms. The van der Waals surface area contributed by atoms with Gasteiger partial charge in [0.2, 0.25) is 5.91 Å². The third-order valence-electron chi connectivity index (χ3n) is 12.8. The first kappa shape index (κ1) is 60.4. The number of carbonyl (C=O) groups is 1. The summed E-state index contributed by atoms with van der Waals surface area (Å²) in [5.74, 6) is -0.0620. The number of hydrogen-bond donors (Lipinski definition) is 3. The lowest BCUT2D eigenvalue weighted by Gasteiger charge is -2.20. The van der Waals surface area contributed by atoms with Crippen LogP contribution in [-0.4, -0.2) is 34.9 Å². The molecule has 1 amide bonds. The van der Waals surface area contributed by atoms with E-state index in [1.54, 1.807) is 6.08 Å². The van der Waals surface area contributed by atoms with Crippen LogP contribution >= 0.6 is 0 Å². The number of hydrogen-bond acceptors (Lipinski definition) is 3. The largest absolute Gasteiger partial charge is 0.394 e. The molecule has 364 valence electrons. The average molecular weight is 869 g/mol. The van der Waals surface area contributed by atoms with Gasteiger partial charge in [-0.25, -0.2) is 0 Å². The monoisotopic (exact) mass is 868 g/mol. The first-order valence-electron chi connectivity index (χ1n) is 27.9. The Labute approximate surface area is 388 Å². The lowest BCUT2D eigenvalue weighted by atomic mass is 10.0. The number of aliphatic hydroxyl groups is 2. The van der Waals surface area contributed by atoms with Gasteiger partial charge in [0, 0.05) is 6.42 Å². The molecule has 0 aliphatic heterocycles. The quantitative estimate of drug-likeness (QED) is 0.0421. The summed E-state index contributed by atoms with van der Waals surface area (Å²) in [5.41, 5.74) is 0. The van der Waals surface area contributed by atoms with Gasteiger partial charge in [-0.05, 0) is 57.8 Å². The molecule has 0 fully saturated rings. The molecule has 0 saturated heterocycles. The van der Waals surface area contributed by atoms with Crippen LogP contribution < -0.4 is 5.32 Å². The Hall–Kier alpha value is -1.65. The standard InChI is InChI=1S/C58H109NO3/c1-3-5-7-9-11-13-15-17-19-21-23-25-26-27-28-29-30-31-32-34-36-38-40-42-44-46-48-50-52-54-58(62)59-56(55-60)57(61)53-51-49-47-45-43-41-39-37-35-33-24-22-20-18-16-14-12-10-8-6-4-2/h15,17,21,23,26-27,51,53,56-57,60-61H,3-14,16,18-20,22,24-25,28-50,52,54-55H2,1-2H3,(H,59,62)/b17-15-,23-21-,27-26-,53-51+. The average Bonchev–Trinajstić information content (AvgIpc) is 3.28. The lowest BCUT2D eigenvalue weighted by molar-refractivity contribution is -0.123. The second kappa shape index (κ2) is 53.7. The van der Waals surface area contributed by atoms with E-state index in [1.807, 2.05) is 6.08 Å². The fourth-order valence-corrected chi connectivity index (χ4v) is 8.54. The van der Waals surface area contributed by atoms with Crippen molar-refractivity contribution in [2.45, 2.75) is 309 Å². The van der Waals surface area contributed by atoms with Crippen LogP contribution in [0.5, 0.6) is 0 Å². The third-order valence-corrected chi connectivity index (χ3v) is 12.8. The van der Waals surface area contributed by atoms with E-state index in [2.05, 4.69) is 55.6 Å². The van der Waals surface area contributed by atoms with Crippen LogP contribution in [0.1, 0.15) is 296 Å². The zero-order valence-corrected chi connectivity index (χ0v) is 41.9. The fourth-order valence-electron chi connectivity index (χ4n) is 8.54. The van der Waals surface area contributed by atoms with Gasteiger partial charge in [-0.1, -0.05) is 281 Å². The highest BCUT2D eigenvalue weighted by molar-refractivity contribution is 5.76. The number of amides is 1. The molecule has 0 spiro atoms. The van der Waals surface area contributed by atoms with E-state index in [4.69, 9.17) is 0 Å². The highest BCUT2D eigenvalue weighted by atomic mass is 16.3. The minimum absolute atomic E-state index is 0.0620. The summed E-state index contributed by atoms with van der Waals surface area (Å²) in [7, 11) is 0. The summed E-state index contributed by atoms with van der Waals surface area (Å²) in [4.78, 5) is 12.5. The highest BCUT2D eigenvalue weighted by Gasteiger charge is 2.18. The summed E-state index contributed by atoms with van der Waals surface area (Å²) in [6.45, 7) is 4.32. The van der Waals surface area contributed by atoms with E-state index >= 15 is 0 Å². The molecule has 0 aromatic carbocycles. The third kappa shape index (κ3) is 49.4. The normalized spacial score (nSPS) is 13.2. The smallest absolute Gasteiger partial charge is 0.220 e. The predicted octanol–water partition coefficient (Wildman–Crippen LogP) is 18.3. The molecule has 0 radical (unpaired) electrons. The molecule has 0 heterocycles. The molecule has 2 unspecified atom stereocenters. The number of rotatable bonds is 51. The number of nitrogens with one attached hydrogen (secondary N) is 1. The van der Waals surface area contributed by atoms with E-state index in [0.29, 0.717) is 6.42 Å². The molecule has 0 saturated carbocycles. The maximum absolute atomic E-state index is 12.5. The SMILES string of the molecule is CCCCCCC/C=C\C/C=C\C/C=C\CCCCCCCCCCCCCCCCC(=O)NC(CO)C(O)/C=C/CCCCCCCCCCCCCCCCCCCCC. The van der Waals surface area contributed by atoms with Gasteiger partial charge < -0.3 is 15.5 Å². The van der Waals surface area contributed by atoms with Crippen LogP contribution in [0.2, 0.25) is 0 Å². The molecular weight excluding hydrogens is 759 g/mol. The van der Waals surface area contributed by atoms with Gasteiger partial charge in [0.25, 0.3) is 0 Å². The van der Waals surface area contributed by atoms with Crippen molar-refractivity contribution in [1.29, 1.82) is 0 Å². The Bertz CT molecular complexity index is 985. The first-order valence-corrected chi connectivity index (χ1v) is 27.9. The van der Waals surface area contributed by atoms with Crippen LogP contribution in [0.15, 0.2) is 48.6 Å². The Balaban J connectivity index is 3.50. The molecule has 0 aliphatic carbocycles. The van der Waals surface area contributed by atoms with Gasteiger partial charge in [-0.15, -0.1) is 0 Å². The molecule has 2 atom stereocenters. The van der Waals surface area contributed by atoms with Gasteiger partial charge in [0.05, 0.1) is 18.8 Å². The van der Waals surface area contributed by atoms with Gasteiger partial charge in [-0.2, -0.15) is 0 Å². The van der Waals surface area contributed by atoms with Gasteiger partial charge in [-0.3, -0.25) is 4.79 Å². The lowest BCUT2D eigenvalue weighted by Crippen LogP contribution is -2.45. The summed E-state index contributed by atoms with van der Waals surface area (Å²) in [6.07, 6.45) is 74.1. The van der Waals surface area contributed by atoms with Crippen molar-refractivity contribution in [1.82, 2.24) is 5.32 Å². The number of allylic oxidation sites excluding steroid dienone is 7. The van der Waals surface area contributed by atoms with Crippen LogP contribution in [0, 0.1) is 0 Å². The van der Waals surface area contributed by atoms with Crippen LogP contribution in [0.3, 0.4) is 0 Å². The van der Waals surface area contributed by atoms with Crippen molar-refractivity contribution in [3.63, 3.8) is 0 Å². The minimum atomic E-state index is -0.841. The zero-order chi connectivity index (χ0) is 44.9. The number of carbonyl (C=O) groups excluding carboxylic acids is 1. The van der Waals surface area contributed by atoms with Crippen molar-refractivity contribution in [2.24, 2.45) is 0 Å². The highest BCUT2D eigenvalue weighted by Crippen LogP contribution is 2.17. The van der Waals surface area contributed by atoms with Crippen molar-refractivity contribution >= 4 is 5.91 Å². The Kier molecular flexibility index (Phi) is 52.3. The summed E-state index contributed by atoms with van der Waals surface area (Å²) < 4.78 is 0. The van der Waals surface area contributed by atoms with Gasteiger partial charge in [0.1, 0.15) is 0 Å². The van der Waals surface area contributed by atoms with E-state index in [9.17, 15) is 15.0 Å². The van der Waals surface area contributed by atoms with E-state index in [1.165, 1.54) is 238 Å². The van der Waals surface area contributed by atoms with Crippen molar-refractivity contribution < 1.29 is 15.0 Å². The molecule has 0 bridgehead atoms. The van der Waals surface area contributed by atoms with E-state index < -0.39 is 12.1 Å². The Morgan fingerprint density at radius 2 is 0.661 bits per heavy atom. The van der Waals surface area contributed by atoms with Crippen LogP contribution in [0.4, 0.5) is 0 Å². The zero-order valence-electron chi connectivity index (χ0n) is 41.9. The summed E-state index contributed by atoms with van der Waals surface area (Å²) >= 11 is 0. The van der Waals surface area contributed by atoms with Gasteiger partial charge >= 0.3 is 0 Å². The summed E-state index contributed by atoms with van der Waals surface area (Å²) in [5, 5.41) is 23.2. The Morgan fingerprint density at radius 3 is 0.984 bits per heavy atom. The van der Waals surface area contributed by atoms with Gasteiger partial charge in [0.15, 0.2) is 0 Å². The number of unbranched alkanes of at least 4 members (excludes halogenated alkanes) is 38. The predicted molar refractivity (Wildman–Crippen MR) is 276 cm³/mol. The molecule has 62 heavy (non-hydrogen) atoms. The number of aliphatic hydroxyl groups excluding tert-OH is 2. The second-order valence-electron chi connectivity index (χ2n) is 19.0. The maximum atomic E-state index is 12.5. The van der Waals surface area contributed by atoms with Crippen molar-refractivity contribution in [3.8, 4) is 0 Å². The Morgan fingerprint density at radius 1 is 0.387 bits per heavy atom. The molecular formula is C58H109NO3. The molecule has 0 aromatic heterocycles. The summed E-state index contributed by atoms with van der Waals surface area (Å²) in [6, 6.07) is -0.624. The first-order chi connectivity index (χ1) is 30.7. The topological polar surface area (TPSA) is 69.6 Å². The molecule has 0 aliphatic rings. The van der Waals surface area contributed by atoms with E-state index in [0.717, 1.165) is 38.5 Å². The fraction of sp³-hybridized carbons (Fsp3) is 0.845.